The molecule has 0 saturated heterocycles. The van der Waals surface area contributed by atoms with Crippen molar-refractivity contribution in [2.24, 2.45) is 0 Å². The van der Waals surface area contributed by atoms with E-state index in [9.17, 15) is 14.4 Å². The molecule has 7 nitrogen and oxygen atoms in total. The van der Waals surface area contributed by atoms with Crippen LogP contribution in [-0.2, 0) is 16.1 Å². The van der Waals surface area contributed by atoms with Gasteiger partial charge < -0.3 is 15.7 Å². The van der Waals surface area contributed by atoms with Crippen molar-refractivity contribution in [1.29, 1.82) is 0 Å². The zero-order chi connectivity index (χ0) is 22.1. The van der Waals surface area contributed by atoms with Gasteiger partial charge >= 0.3 is 5.97 Å². The first-order chi connectivity index (χ1) is 15.0. The second kappa shape index (κ2) is 10.7. The van der Waals surface area contributed by atoms with Gasteiger partial charge in [-0.25, -0.2) is 0 Å². The molecule has 0 fully saturated rings. The lowest BCUT2D eigenvalue weighted by Crippen LogP contribution is -2.46. The number of nitrogens with one attached hydrogen (secondary N) is 2. The molecule has 2 amide bonds. The van der Waals surface area contributed by atoms with Crippen molar-refractivity contribution in [3.05, 3.63) is 90.1 Å². The zero-order valence-electron chi connectivity index (χ0n) is 16.8. The minimum atomic E-state index is -1.04. The Hall–Kier alpha value is -4.00. The first-order valence-corrected chi connectivity index (χ1v) is 9.88. The fourth-order valence-corrected chi connectivity index (χ4v) is 2.99. The number of nitrogens with zero attached hydrogens (tertiary/aromatic N) is 1. The molecule has 0 aliphatic rings. The number of carboxylic acids is 1. The first-order valence-electron chi connectivity index (χ1n) is 9.88. The normalized spacial score (nSPS) is 11.4. The van der Waals surface area contributed by atoms with Crippen LogP contribution >= 0.6 is 0 Å². The molecular formula is C24H23N3O4. The third kappa shape index (κ3) is 6.50. The van der Waals surface area contributed by atoms with E-state index in [1.165, 1.54) is 6.20 Å². The Balaban J connectivity index is 1.65. The predicted molar refractivity (Wildman–Crippen MR) is 116 cm³/mol. The van der Waals surface area contributed by atoms with E-state index in [-0.39, 0.29) is 24.9 Å². The van der Waals surface area contributed by atoms with E-state index in [0.29, 0.717) is 0 Å². The molecule has 3 rings (SSSR count). The minimum Gasteiger partial charge on any atom is -0.481 e. The molecule has 0 saturated carbocycles. The second-order valence-electron chi connectivity index (χ2n) is 6.96. The summed E-state index contributed by atoms with van der Waals surface area (Å²) in [7, 11) is 0. The van der Waals surface area contributed by atoms with Crippen LogP contribution in [0.1, 0.15) is 28.8 Å². The maximum atomic E-state index is 12.6. The minimum absolute atomic E-state index is 0.0166. The van der Waals surface area contributed by atoms with Crippen LogP contribution in [0.15, 0.2) is 79.0 Å². The van der Waals surface area contributed by atoms with Crippen molar-refractivity contribution >= 4 is 17.8 Å². The van der Waals surface area contributed by atoms with Crippen LogP contribution in [0.4, 0.5) is 0 Å². The van der Waals surface area contributed by atoms with Gasteiger partial charge in [-0.1, -0.05) is 60.7 Å². The Morgan fingerprint density at radius 3 is 2.19 bits per heavy atom. The molecular weight excluding hydrogens is 394 g/mol. The Morgan fingerprint density at radius 1 is 0.903 bits per heavy atom. The second-order valence-corrected chi connectivity index (χ2v) is 6.96. The Morgan fingerprint density at radius 2 is 1.58 bits per heavy atom. The summed E-state index contributed by atoms with van der Waals surface area (Å²) in [6, 6.07) is 21.3. The zero-order valence-corrected chi connectivity index (χ0v) is 16.8. The maximum Gasteiger partial charge on any atom is 0.303 e. The molecule has 1 atom stereocenters. The van der Waals surface area contributed by atoms with Crippen molar-refractivity contribution < 1.29 is 19.5 Å². The van der Waals surface area contributed by atoms with Gasteiger partial charge in [0.1, 0.15) is 6.04 Å². The lowest BCUT2D eigenvalue weighted by Gasteiger charge is -2.18. The lowest BCUT2D eigenvalue weighted by atomic mass is 10.1. The number of carbonyl (C=O) groups excluding carboxylic acids is 2. The van der Waals surface area contributed by atoms with Crippen LogP contribution in [0.2, 0.25) is 0 Å². The number of aromatic nitrogens is 1. The standard InChI is InChI=1S/C24H23N3O4/c28-22(29)14-13-21(24(31)26-15-17-7-3-1-4-8-17)27-23(30)19-11-12-20(25-16-19)18-9-5-2-6-10-18/h1-12,16,21H,13-15H2,(H,26,31)(H,27,30)(H,28,29). The van der Waals surface area contributed by atoms with Gasteiger partial charge in [0.25, 0.3) is 5.91 Å². The number of hydrogen-bond donors (Lipinski definition) is 3. The van der Waals surface area contributed by atoms with Gasteiger partial charge in [-0.3, -0.25) is 19.4 Å². The molecule has 1 heterocycles. The van der Waals surface area contributed by atoms with Crippen LogP contribution in [0.5, 0.6) is 0 Å². The molecule has 3 aromatic rings. The summed E-state index contributed by atoms with van der Waals surface area (Å²) in [5, 5.41) is 14.4. The largest absolute Gasteiger partial charge is 0.481 e. The van der Waals surface area contributed by atoms with E-state index in [4.69, 9.17) is 5.11 Å². The van der Waals surface area contributed by atoms with E-state index in [2.05, 4.69) is 15.6 Å². The quantitative estimate of drug-likeness (QED) is 0.496. The monoisotopic (exact) mass is 417 g/mol. The third-order valence-corrected chi connectivity index (χ3v) is 4.67. The van der Waals surface area contributed by atoms with Crippen molar-refractivity contribution in [1.82, 2.24) is 15.6 Å². The Kier molecular flexibility index (Phi) is 7.48. The molecule has 3 N–H and O–H groups in total. The molecule has 1 unspecified atom stereocenters. The number of carboxylic acid groups (broad SMARTS) is 1. The summed E-state index contributed by atoms with van der Waals surface area (Å²) in [5.74, 6) is -1.96. The van der Waals surface area contributed by atoms with Gasteiger partial charge in [0, 0.05) is 24.7 Å². The van der Waals surface area contributed by atoms with Crippen molar-refractivity contribution in [2.75, 3.05) is 0 Å². The highest BCUT2D eigenvalue weighted by atomic mass is 16.4. The summed E-state index contributed by atoms with van der Waals surface area (Å²) in [5.41, 5.74) is 2.84. The number of carbonyl (C=O) groups is 3. The molecule has 0 spiro atoms. The first kappa shape index (κ1) is 21.7. The molecule has 158 valence electrons. The van der Waals surface area contributed by atoms with Crippen LogP contribution in [0.3, 0.4) is 0 Å². The van der Waals surface area contributed by atoms with Crippen molar-refractivity contribution in [3.63, 3.8) is 0 Å². The topological polar surface area (TPSA) is 108 Å². The Bertz CT molecular complexity index is 1020. The summed E-state index contributed by atoms with van der Waals surface area (Å²) >= 11 is 0. The van der Waals surface area contributed by atoms with E-state index in [0.717, 1.165) is 16.8 Å². The summed E-state index contributed by atoms with van der Waals surface area (Å²) in [4.78, 5) is 40.5. The van der Waals surface area contributed by atoms with Gasteiger partial charge in [0.2, 0.25) is 5.91 Å². The van der Waals surface area contributed by atoms with Gasteiger partial charge in [-0.2, -0.15) is 0 Å². The van der Waals surface area contributed by atoms with Crippen LogP contribution in [0.25, 0.3) is 11.3 Å². The fourth-order valence-electron chi connectivity index (χ4n) is 2.99. The number of aliphatic carboxylic acids is 1. The summed E-state index contributed by atoms with van der Waals surface area (Å²) in [6.07, 6.45) is 1.18. The van der Waals surface area contributed by atoms with Gasteiger partial charge in [0.05, 0.1) is 11.3 Å². The summed E-state index contributed by atoms with van der Waals surface area (Å²) in [6.45, 7) is 0.284. The average Bonchev–Trinajstić information content (AvgIpc) is 2.81. The smallest absolute Gasteiger partial charge is 0.303 e. The maximum absolute atomic E-state index is 12.6. The molecule has 0 radical (unpaired) electrons. The van der Waals surface area contributed by atoms with Gasteiger partial charge in [-0.05, 0) is 24.1 Å². The number of rotatable bonds is 9. The van der Waals surface area contributed by atoms with Gasteiger partial charge in [0.15, 0.2) is 0 Å². The van der Waals surface area contributed by atoms with Crippen molar-refractivity contribution in [3.8, 4) is 11.3 Å². The van der Waals surface area contributed by atoms with E-state index < -0.39 is 23.8 Å². The molecule has 7 heteroatoms. The average molecular weight is 417 g/mol. The summed E-state index contributed by atoms with van der Waals surface area (Å²) < 4.78 is 0. The lowest BCUT2D eigenvalue weighted by molar-refractivity contribution is -0.137. The molecule has 31 heavy (non-hydrogen) atoms. The molecule has 1 aromatic heterocycles. The fraction of sp³-hybridized carbons (Fsp3) is 0.167. The number of benzene rings is 2. The third-order valence-electron chi connectivity index (χ3n) is 4.67. The highest BCUT2D eigenvalue weighted by molar-refractivity contribution is 5.97. The van der Waals surface area contributed by atoms with E-state index >= 15 is 0 Å². The molecule has 0 aliphatic heterocycles. The van der Waals surface area contributed by atoms with Gasteiger partial charge in [-0.15, -0.1) is 0 Å². The predicted octanol–water partition coefficient (Wildman–Crippen LogP) is 3.03. The van der Waals surface area contributed by atoms with E-state index in [1.54, 1.807) is 12.1 Å². The highest BCUT2D eigenvalue weighted by Crippen LogP contribution is 2.16. The van der Waals surface area contributed by atoms with E-state index in [1.807, 2.05) is 60.7 Å². The molecule has 2 aromatic carbocycles. The van der Waals surface area contributed by atoms with Crippen LogP contribution in [0, 0.1) is 0 Å². The highest BCUT2D eigenvalue weighted by Gasteiger charge is 2.22. The molecule has 0 bridgehead atoms. The number of hydrogen-bond acceptors (Lipinski definition) is 4. The Labute approximate surface area is 180 Å². The van der Waals surface area contributed by atoms with Crippen molar-refractivity contribution in [2.45, 2.75) is 25.4 Å². The SMILES string of the molecule is O=C(O)CCC(NC(=O)c1ccc(-c2ccccc2)nc1)C(=O)NCc1ccccc1. The van der Waals surface area contributed by atoms with Crippen LogP contribution < -0.4 is 10.6 Å². The number of pyridine rings is 1. The number of amides is 2. The van der Waals surface area contributed by atoms with Crippen LogP contribution in [-0.4, -0.2) is 33.9 Å². The molecule has 0 aliphatic carbocycles.